The Bertz CT molecular complexity index is 1440. The molecule has 1 amide bonds. The summed E-state index contributed by atoms with van der Waals surface area (Å²) in [6.45, 7) is 2.18. The average Bonchev–Trinajstić information content (AvgIpc) is 3.27. The lowest BCUT2D eigenvalue weighted by Gasteiger charge is -2.17. The number of hydrogen-bond donors (Lipinski definition) is 2. The summed E-state index contributed by atoms with van der Waals surface area (Å²) in [5.41, 5.74) is 7.85. The summed E-state index contributed by atoms with van der Waals surface area (Å²) in [5.74, 6) is -1.01. The Morgan fingerprint density at radius 3 is 2.61 bits per heavy atom. The van der Waals surface area contributed by atoms with Gasteiger partial charge in [0.1, 0.15) is 23.7 Å². The summed E-state index contributed by atoms with van der Waals surface area (Å²) in [6.07, 6.45) is 1.23. The van der Waals surface area contributed by atoms with Crippen molar-refractivity contribution in [3.05, 3.63) is 94.7 Å². The van der Waals surface area contributed by atoms with Gasteiger partial charge in [-0.3, -0.25) is 14.4 Å². The van der Waals surface area contributed by atoms with Crippen LogP contribution >= 0.6 is 0 Å². The van der Waals surface area contributed by atoms with Crippen LogP contribution in [0.1, 0.15) is 44.6 Å². The molecule has 0 spiro atoms. The van der Waals surface area contributed by atoms with Gasteiger partial charge in [-0.25, -0.2) is 13.9 Å². The van der Waals surface area contributed by atoms with Gasteiger partial charge in [-0.05, 0) is 29.3 Å². The number of carbonyl (C=O) groups is 3. The van der Waals surface area contributed by atoms with Crippen LogP contribution in [0.4, 0.5) is 4.39 Å². The minimum atomic E-state index is -0.725. The molecule has 1 aliphatic rings. The molecule has 3 heterocycles. The number of hydrogen-bond acceptors (Lipinski definition) is 7. The fourth-order valence-electron chi connectivity index (χ4n) is 3.63. The van der Waals surface area contributed by atoms with Gasteiger partial charge in [-0.1, -0.05) is 36.4 Å². The number of nitrogens with one attached hydrogen (secondary N) is 1. The van der Waals surface area contributed by atoms with E-state index < -0.39 is 11.7 Å². The molecule has 0 saturated heterocycles. The fraction of sp³-hybridized carbons (Fsp3) is 0.192. The summed E-state index contributed by atoms with van der Waals surface area (Å²) in [5, 5.41) is 6.45. The maximum Gasteiger partial charge on any atom is 0.270 e. The molecule has 2 aromatic carbocycles. The third kappa shape index (κ3) is 5.61. The Hall–Kier alpha value is -4.44. The second-order valence-electron chi connectivity index (χ2n) is 8.13. The molecule has 184 valence electrons. The highest BCUT2D eigenvalue weighted by Gasteiger charge is 2.19. The molecule has 9 nitrogen and oxygen atoms in total. The zero-order valence-electron chi connectivity index (χ0n) is 19.5. The van der Waals surface area contributed by atoms with Gasteiger partial charge < -0.3 is 15.8 Å². The molecular formula is C26H24FN5O4. The number of halogens is 1. The van der Waals surface area contributed by atoms with Crippen molar-refractivity contribution in [2.45, 2.75) is 26.4 Å². The minimum Gasteiger partial charge on any atom is -0.486 e. The zero-order chi connectivity index (χ0) is 25.7. The van der Waals surface area contributed by atoms with E-state index in [4.69, 9.17) is 10.5 Å². The Morgan fingerprint density at radius 1 is 1.14 bits per heavy atom. The molecule has 10 heteroatoms. The SMILES string of the molecule is CC(=O)c1cc(C(=O)NCc2ccc3c(c2)CC(=O)CO3)nc2c(F)cnn12.NCc1ccccc1. The van der Waals surface area contributed by atoms with E-state index in [-0.39, 0.29) is 48.2 Å². The summed E-state index contributed by atoms with van der Waals surface area (Å²) >= 11 is 0. The first-order valence-corrected chi connectivity index (χ1v) is 11.2. The number of benzene rings is 2. The molecule has 4 aromatic rings. The molecular weight excluding hydrogens is 465 g/mol. The van der Waals surface area contributed by atoms with Crippen LogP contribution < -0.4 is 15.8 Å². The van der Waals surface area contributed by atoms with E-state index in [1.165, 1.54) is 18.6 Å². The van der Waals surface area contributed by atoms with Crippen molar-refractivity contribution in [3.63, 3.8) is 0 Å². The van der Waals surface area contributed by atoms with E-state index in [1.54, 1.807) is 18.2 Å². The van der Waals surface area contributed by atoms with E-state index in [2.05, 4.69) is 15.4 Å². The Morgan fingerprint density at radius 2 is 1.92 bits per heavy atom. The Kier molecular flexibility index (Phi) is 7.45. The number of nitrogens with zero attached hydrogens (tertiary/aromatic N) is 3. The molecule has 0 atom stereocenters. The summed E-state index contributed by atoms with van der Waals surface area (Å²) in [7, 11) is 0. The van der Waals surface area contributed by atoms with Crippen molar-refractivity contribution >= 4 is 23.1 Å². The van der Waals surface area contributed by atoms with E-state index in [0.29, 0.717) is 12.3 Å². The highest BCUT2D eigenvalue weighted by Crippen LogP contribution is 2.24. The summed E-state index contributed by atoms with van der Waals surface area (Å²) in [4.78, 5) is 39.8. The molecule has 0 fully saturated rings. The number of ketones is 2. The third-order valence-electron chi connectivity index (χ3n) is 5.45. The molecule has 0 aliphatic carbocycles. The van der Waals surface area contributed by atoms with E-state index in [9.17, 15) is 18.8 Å². The molecule has 36 heavy (non-hydrogen) atoms. The zero-order valence-corrected chi connectivity index (χ0v) is 19.5. The van der Waals surface area contributed by atoms with E-state index in [1.807, 2.05) is 30.3 Å². The standard InChI is InChI=1S/C19H15FN4O4.C7H9N/c1-10(25)16-6-15(23-18-14(20)8-22-24(16)18)19(27)21-7-11-2-3-17-12(4-11)5-13(26)9-28-17;8-6-7-4-2-1-3-5-7/h2-4,6,8H,5,7,9H2,1H3,(H,21,27);1-5H,6,8H2. The maximum atomic E-state index is 13.8. The number of fused-ring (bicyclic) bond motifs is 2. The predicted molar refractivity (Wildman–Crippen MR) is 129 cm³/mol. The van der Waals surface area contributed by atoms with Gasteiger partial charge in [0.2, 0.25) is 0 Å². The topological polar surface area (TPSA) is 129 Å². The summed E-state index contributed by atoms with van der Waals surface area (Å²) < 4.78 is 20.3. The number of aromatic nitrogens is 3. The van der Waals surface area contributed by atoms with E-state index in [0.717, 1.165) is 21.8 Å². The number of amides is 1. The van der Waals surface area contributed by atoms with Crippen LogP contribution in [0.5, 0.6) is 5.75 Å². The lowest BCUT2D eigenvalue weighted by atomic mass is 10.0. The molecule has 0 saturated carbocycles. The van der Waals surface area contributed by atoms with E-state index >= 15 is 0 Å². The van der Waals surface area contributed by atoms with Gasteiger partial charge in [0, 0.05) is 32.0 Å². The first-order chi connectivity index (χ1) is 17.4. The van der Waals surface area contributed by atoms with Gasteiger partial charge in [0.05, 0.1) is 6.20 Å². The Labute approximate surface area is 206 Å². The van der Waals surface area contributed by atoms with Crippen LogP contribution in [0.25, 0.3) is 5.65 Å². The Balaban J connectivity index is 0.000000325. The quantitative estimate of drug-likeness (QED) is 0.413. The number of nitrogens with two attached hydrogens (primary N) is 1. The van der Waals surface area contributed by atoms with Crippen LogP contribution in [0, 0.1) is 5.82 Å². The number of carbonyl (C=O) groups excluding carboxylic acids is 3. The monoisotopic (exact) mass is 489 g/mol. The van der Waals surface area contributed by atoms with Gasteiger partial charge in [0.25, 0.3) is 5.91 Å². The van der Waals surface area contributed by atoms with Gasteiger partial charge in [-0.15, -0.1) is 0 Å². The number of ether oxygens (including phenoxy) is 1. The maximum absolute atomic E-state index is 13.8. The third-order valence-corrected chi connectivity index (χ3v) is 5.45. The highest BCUT2D eigenvalue weighted by molar-refractivity contribution is 5.98. The average molecular weight is 490 g/mol. The molecule has 0 bridgehead atoms. The summed E-state index contributed by atoms with van der Waals surface area (Å²) in [6, 6.07) is 16.6. The molecule has 5 rings (SSSR count). The lowest BCUT2D eigenvalue weighted by molar-refractivity contribution is -0.121. The molecule has 2 aromatic heterocycles. The highest BCUT2D eigenvalue weighted by atomic mass is 19.1. The van der Waals surface area contributed by atoms with Crippen molar-refractivity contribution in [3.8, 4) is 5.75 Å². The van der Waals surface area contributed by atoms with Crippen LogP contribution in [0.15, 0.2) is 60.8 Å². The van der Waals surface area contributed by atoms with Crippen LogP contribution in [-0.4, -0.2) is 38.7 Å². The van der Waals surface area contributed by atoms with Crippen molar-refractivity contribution < 1.29 is 23.5 Å². The van der Waals surface area contributed by atoms with Crippen molar-refractivity contribution in [2.75, 3.05) is 6.61 Å². The van der Waals surface area contributed by atoms with Crippen molar-refractivity contribution in [1.29, 1.82) is 0 Å². The van der Waals surface area contributed by atoms with Crippen LogP contribution in [-0.2, 0) is 24.3 Å². The van der Waals surface area contributed by atoms with Crippen molar-refractivity contribution in [1.82, 2.24) is 19.9 Å². The van der Waals surface area contributed by atoms with Gasteiger partial charge in [-0.2, -0.15) is 5.10 Å². The number of Topliss-reactive ketones (excluding diaryl/α,β-unsaturated/α-hetero) is 2. The molecule has 0 unspecified atom stereocenters. The van der Waals surface area contributed by atoms with Crippen LogP contribution in [0.2, 0.25) is 0 Å². The second-order valence-corrected chi connectivity index (χ2v) is 8.13. The smallest absolute Gasteiger partial charge is 0.270 e. The lowest BCUT2D eigenvalue weighted by Crippen LogP contribution is -2.25. The van der Waals surface area contributed by atoms with Crippen molar-refractivity contribution in [2.24, 2.45) is 5.73 Å². The first kappa shape index (κ1) is 24.7. The number of rotatable bonds is 5. The largest absolute Gasteiger partial charge is 0.486 e. The predicted octanol–water partition coefficient (Wildman–Crippen LogP) is 2.65. The van der Waals surface area contributed by atoms with Gasteiger partial charge in [0.15, 0.2) is 23.0 Å². The van der Waals surface area contributed by atoms with Gasteiger partial charge >= 0.3 is 0 Å². The minimum absolute atomic E-state index is 0.00853. The van der Waals surface area contributed by atoms with Crippen LogP contribution in [0.3, 0.4) is 0 Å². The first-order valence-electron chi connectivity index (χ1n) is 11.2. The molecule has 1 aliphatic heterocycles. The molecule has 0 radical (unpaired) electrons. The molecule has 3 N–H and O–H groups in total. The normalized spacial score (nSPS) is 12.2. The second kappa shape index (κ2) is 10.9. The fourth-order valence-corrected chi connectivity index (χ4v) is 3.63.